The Morgan fingerprint density at radius 3 is 2.85 bits per heavy atom. The summed E-state index contributed by atoms with van der Waals surface area (Å²) in [5.74, 6) is 0.352. The van der Waals surface area contributed by atoms with Crippen LogP contribution in [0.1, 0.15) is 5.56 Å². The van der Waals surface area contributed by atoms with E-state index in [-0.39, 0.29) is 12.4 Å². The van der Waals surface area contributed by atoms with Crippen LogP contribution in [0.2, 0.25) is 0 Å². The van der Waals surface area contributed by atoms with Crippen LogP contribution in [-0.2, 0) is 6.61 Å². The van der Waals surface area contributed by atoms with Crippen LogP contribution in [0.5, 0.6) is 5.75 Å². The van der Waals surface area contributed by atoms with Gasteiger partial charge in [0.05, 0.1) is 11.7 Å². The second kappa shape index (κ2) is 5.59. The summed E-state index contributed by atoms with van der Waals surface area (Å²) >= 11 is 3.32. The molecule has 0 spiro atoms. The Balaban J connectivity index is 1.81. The molecular weight excluding hydrogens is 321 g/mol. The fraction of sp³-hybridized carbons (Fsp3) is 0.0625. The van der Waals surface area contributed by atoms with Crippen molar-refractivity contribution in [1.29, 1.82) is 0 Å². The van der Waals surface area contributed by atoms with Gasteiger partial charge in [0.2, 0.25) is 0 Å². The summed E-state index contributed by atoms with van der Waals surface area (Å²) in [5, 5.41) is 1.000. The normalized spacial score (nSPS) is 10.7. The highest BCUT2D eigenvalue weighted by atomic mass is 79.9. The third kappa shape index (κ3) is 2.80. The minimum Gasteiger partial charge on any atom is -0.487 e. The minimum absolute atomic E-state index is 0.172. The number of benzene rings is 2. The molecule has 4 heteroatoms. The van der Waals surface area contributed by atoms with Crippen molar-refractivity contribution < 1.29 is 9.13 Å². The third-order valence-electron chi connectivity index (χ3n) is 2.97. The van der Waals surface area contributed by atoms with Crippen LogP contribution >= 0.6 is 15.9 Å². The van der Waals surface area contributed by atoms with Crippen molar-refractivity contribution in [1.82, 2.24) is 4.98 Å². The van der Waals surface area contributed by atoms with Crippen LogP contribution < -0.4 is 4.74 Å². The van der Waals surface area contributed by atoms with E-state index in [0.717, 1.165) is 15.4 Å². The molecule has 0 aliphatic carbocycles. The summed E-state index contributed by atoms with van der Waals surface area (Å²) in [6.07, 6.45) is 1.65. The summed E-state index contributed by atoms with van der Waals surface area (Å²) in [7, 11) is 0. The maximum Gasteiger partial charge on any atom is 0.138 e. The molecule has 2 aromatic carbocycles. The lowest BCUT2D eigenvalue weighted by molar-refractivity contribution is 0.299. The van der Waals surface area contributed by atoms with E-state index in [4.69, 9.17) is 4.74 Å². The maximum atomic E-state index is 13.6. The molecule has 0 fully saturated rings. The predicted molar refractivity (Wildman–Crippen MR) is 80.2 cm³/mol. The van der Waals surface area contributed by atoms with E-state index < -0.39 is 0 Å². The molecule has 0 saturated heterocycles. The molecule has 0 unspecified atom stereocenters. The molecule has 0 atom stereocenters. The van der Waals surface area contributed by atoms with Gasteiger partial charge >= 0.3 is 0 Å². The van der Waals surface area contributed by atoms with Crippen molar-refractivity contribution in [2.75, 3.05) is 0 Å². The van der Waals surface area contributed by atoms with Gasteiger partial charge in [-0.25, -0.2) is 4.39 Å². The summed E-state index contributed by atoms with van der Waals surface area (Å²) < 4.78 is 20.0. The molecule has 0 saturated carbocycles. The SMILES string of the molecule is Fc1ccc(Br)cc1COc1cnc2ccccc2c1. The molecule has 3 aromatic rings. The largest absolute Gasteiger partial charge is 0.487 e. The maximum absolute atomic E-state index is 13.6. The van der Waals surface area contributed by atoms with E-state index in [1.165, 1.54) is 6.07 Å². The number of rotatable bonds is 3. The lowest BCUT2D eigenvalue weighted by atomic mass is 10.2. The van der Waals surface area contributed by atoms with Crippen LogP contribution in [-0.4, -0.2) is 4.98 Å². The number of ether oxygens (including phenoxy) is 1. The van der Waals surface area contributed by atoms with Gasteiger partial charge in [-0.3, -0.25) is 4.98 Å². The number of para-hydroxylation sites is 1. The molecule has 0 bridgehead atoms. The second-order valence-corrected chi connectivity index (χ2v) is 5.30. The summed E-state index contributed by atoms with van der Waals surface area (Å²) in [5.41, 5.74) is 1.42. The molecule has 0 aliphatic rings. The Morgan fingerprint density at radius 2 is 1.95 bits per heavy atom. The van der Waals surface area contributed by atoms with Gasteiger partial charge in [0.25, 0.3) is 0 Å². The molecule has 0 aliphatic heterocycles. The highest BCUT2D eigenvalue weighted by Gasteiger charge is 2.05. The first-order valence-electron chi connectivity index (χ1n) is 6.14. The number of halogens is 2. The molecule has 3 rings (SSSR count). The van der Waals surface area contributed by atoms with E-state index in [1.807, 2.05) is 30.3 Å². The standard InChI is InChI=1S/C16H11BrFNO/c17-13-5-6-15(18)12(7-13)10-20-14-8-11-3-1-2-4-16(11)19-9-14/h1-9H,10H2. The van der Waals surface area contributed by atoms with Crippen molar-refractivity contribution in [3.8, 4) is 5.75 Å². The van der Waals surface area contributed by atoms with Crippen LogP contribution in [0.25, 0.3) is 10.9 Å². The van der Waals surface area contributed by atoms with Gasteiger partial charge in [0, 0.05) is 15.4 Å². The lowest BCUT2D eigenvalue weighted by Crippen LogP contribution is -1.99. The summed E-state index contributed by atoms with van der Waals surface area (Å²) in [6.45, 7) is 0.172. The summed E-state index contributed by atoms with van der Waals surface area (Å²) in [4.78, 5) is 4.31. The van der Waals surface area contributed by atoms with Crippen molar-refractivity contribution in [2.24, 2.45) is 0 Å². The first-order chi connectivity index (χ1) is 9.72. The van der Waals surface area contributed by atoms with Gasteiger partial charge in [0.1, 0.15) is 18.2 Å². The first-order valence-corrected chi connectivity index (χ1v) is 6.93. The number of nitrogens with zero attached hydrogens (tertiary/aromatic N) is 1. The van der Waals surface area contributed by atoms with Crippen molar-refractivity contribution in [3.63, 3.8) is 0 Å². The van der Waals surface area contributed by atoms with Gasteiger partial charge in [-0.2, -0.15) is 0 Å². The molecule has 1 heterocycles. The zero-order chi connectivity index (χ0) is 13.9. The highest BCUT2D eigenvalue weighted by Crippen LogP contribution is 2.21. The zero-order valence-electron chi connectivity index (χ0n) is 10.5. The van der Waals surface area contributed by atoms with E-state index >= 15 is 0 Å². The predicted octanol–water partition coefficient (Wildman–Crippen LogP) is 4.72. The zero-order valence-corrected chi connectivity index (χ0v) is 12.1. The molecule has 20 heavy (non-hydrogen) atoms. The molecule has 0 N–H and O–H groups in total. The lowest BCUT2D eigenvalue weighted by Gasteiger charge is -2.08. The van der Waals surface area contributed by atoms with Crippen LogP contribution in [0.3, 0.4) is 0 Å². The average molecular weight is 332 g/mol. The fourth-order valence-electron chi connectivity index (χ4n) is 1.94. The summed E-state index contributed by atoms with van der Waals surface area (Å²) in [6, 6.07) is 14.5. The Morgan fingerprint density at radius 1 is 1.10 bits per heavy atom. The first kappa shape index (κ1) is 13.1. The Labute approximate surface area is 124 Å². The van der Waals surface area contributed by atoms with Crippen LogP contribution in [0, 0.1) is 5.82 Å². The highest BCUT2D eigenvalue weighted by molar-refractivity contribution is 9.10. The fourth-order valence-corrected chi connectivity index (χ4v) is 2.35. The van der Waals surface area contributed by atoms with Gasteiger partial charge < -0.3 is 4.74 Å². The van der Waals surface area contributed by atoms with E-state index in [0.29, 0.717) is 11.3 Å². The van der Waals surface area contributed by atoms with Gasteiger partial charge in [-0.15, -0.1) is 0 Å². The molecule has 0 radical (unpaired) electrons. The molecular formula is C16H11BrFNO. The van der Waals surface area contributed by atoms with Gasteiger partial charge in [-0.05, 0) is 30.3 Å². The Bertz CT molecular complexity index is 760. The number of pyridine rings is 1. The number of fused-ring (bicyclic) bond motifs is 1. The van der Waals surface area contributed by atoms with E-state index in [1.54, 1.807) is 18.3 Å². The van der Waals surface area contributed by atoms with Crippen LogP contribution in [0.4, 0.5) is 4.39 Å². The number of hydrogen-bond donors (Lipinski definition) is 0. The smallest absolute Gasteiger partial charge is 0.138 e. The monoisotopic (exact) mass is 331 g/mol. The van der Waals surface area contributed by atoms with Crippen LogP contribution in [0.15, 0.2) is 59.2 Å². The van der Waals surface area contributed by atoms with Crippen molar-refractivity contribution in [3.05, 3.63) is 70.6 Å². The number of hydrogen-bond acceptors (Lipinski definition) is 2. The second-order valence-electron chi connectivity index (χ2n) is 4.39. The third-order valence-corrected chi connectivity index (χ3v) is 3.46. The molecule has 2 nitrogen and oxygen atoms in total. The molecule has 0 amide bonds. The Kier molecular flexibility index (Phi) is 3.65. The topological polar surface area (TPSA) is 22.1 Å². The quantitative estimate of drug-likeness (QED) is 0.693. The Hall–Kier alpha value is -1.94. The average Bonchev–Trinajstić information content (AvgIpc) is 2.48. The van der Waals surface area contributed by atoms with E-state index in [9.17, 15) is 4.39 Å². The van der Waals surface area contributed by atoms with Crippen molar-refractivity contribution in [2.45, 2.75) is 6.61 Å². The molecule has 100 valence electrons. The van der Waals surface area contributed by atoms with Gasteiger partial charge in [0.15, 0.2) is 0 Å². The van der Waals surface area contributed by atoms with Gasteiger partial charge in [-0.1, -0.05) is 34.1 Å². The minimum atomic E-state index is -0.276. The molecule has 1 aromatic heterocycles. The van der Waals surface area contributed by atoms with E-state index in [2.05, 4.69) is 20.9 Å². The number of aromatic nitrogens is 1. The van der Waals surface area contributed by atoms with Crippen molar-refractivity contribution >= 4 is 26.8 Å².